The molecule has 6 nitrogen and oxygen atoms in total. The predicted octanol–water partition coefficient (Wildman–Crippen LogP) is 2.87. The Labute approximate surface area is 140 Å². The first-order valence-corrected chi connectivity index (χ1v) is 7.47. The van der Waals surface area contributed by atoms with Crippen molar-refractivity contribution in [3.05, 3.63) is 47.8 Å². The van der Waals surface area contributed by atoms with E-state index >= 15 is 0 Å². The minimum atomic E-state index is -1.02. The summed E-state index contributed by atoms with van der Waals surface area (Å²) < 4.78 is 0. The number of carboxylic acids is 2. The van der Waals surface area contributed by atoms with Crippen molar-refractivity contribution in [1.82, 2.24) is 9.97 Å². The second-order valence-electron chi connectivity index (χ2n) is 6.72. The van der Waals surface area contributed by atoms with E-state index in [9.17, 15) is 19.8 Å². The Hall–Kier alpha value is -2.76. The molecule has 2 rings (SSSR count). The zero-order valence-corrected chi connectivity index (χ0v) is 14.1. The van der Waals surface area contributed by atoms with E-state index in [0.717, 1.165) is 0 Å². The molecule has 0 saturated carbocycles. The van der Waals surface area contributed by atoms with Crippen LogP contribution < -0.4 is 0 Å². The van der Waals surface area contributed by atoms with Gasteiger partial charge < -0.3 is 10.2 Å². The van der Waals surface area contributed by atoms with Gasteiger partial charge >= 0.3 is 11.9 Å². The standard InChI is InChI=1S/C18H20N2O4/c1-17(2,15(21)22)11-5-7-13(19-9-11)14-8-6-12(10-20-14)18(3,4)16(23)24/h5-10H,1-4H3,(H,21,22)(H,23,24). The van der Waals surface area contributed by atoms with Gasteiger partial charge in [0.1, 0.15) is 0 Å². The van der Waals surface area contributed by atoms with Gasteiger partial charge in [0.2, 0.25) is 0 Å². The number of aliphatic carboxylic acids is 2. The van der Waals surface area contributed by atoms with E-state index in [-0.39, 0.29) is 0 Å². The Kier molecular flexibility index (Phi) is 4.42. The van der Waals surface area contributed by atoms with Gasteiger partial charge in [0.05, 0.1) is 22.2 Å². The summed E-state index contributed by atoms with van der Waals surface area (Å²) in [5.41, 5.74) is 0.354. The molecule has 0 aliphatic carbocycles. The maximum absolute atomic E-state index is 11.3. The molecule has 0 aromatic carbocycles. The lowest BCUT2D eigenvalue weighted by Crippen LogP contribution is -2.28. The highest BCUT2D eigenvalue weighted by Crippen LogP contribution is 2.26. The van der Waals surface area contributed by atoms with Gasteiger partial charge in [0, 0.05) is 12.4 Å². The van der Waals surface area contributed by atoms with Crippen LogP contribution in [-0.2, 0) is 20.4 Å². The molecule has 2 N–H and O–H groups in total. The van der Waals surface area contributed by atoms with E-state index in [4.69, 9.17) is 0 Å². The zero-order valence-electron chi connectivity index (χ0n) is 14.1. The van der Waals surface area contributed by atoms with E-state index in [1.807, 2.05) is 0 Å². The normalized spacial score (nSPS) is 12.0. The third kappa shape index (κ3) is 3.13. The molecule has 0 aliphatic heterocycles. The average Bonchev–Trinajstić information content (AvgIpc) is 2.54. The Balaban J connectivity index is 2.31. The van der Waals surface area contributed by atoms with Gasteiger partial charge in [-0.25, -0.2) is 0 Å². The molecule has 0 unspecified atom stereocenters. The number of rotatable bonds is 5. The van der Waals surface area contributed by atoms with Crippen molar-refractivity contribution in [3.63, 3.8) is 0 Å². The minimum absolute atomic E-state index is 0.597. The summed E-state index contributed by atoms with van der Waals surface area (Å²) in [6.07, 6.45) is 3.06. The lowest BCUT2D eigenvalue weighted by Gasteiger charge is -2.20. The van der Waals surface area contributed by atoms with Crippen molar-refractivity contribution >= 4 is 11.9 Å². The molecule has 0 saturated heterocycles. The SMILES string of the molecule is CC(C)(C(=O)O)c1ccc(-c2ccc(C(C)(C)C(=O)O)cn2)nc1. The molecule has 0 bridgehead atoms. The molecule has 0 fully saturated rings. The zero-order chi connectivity index (χ0) is 18.1. The third-order valence-electron chi connectivity index (χ3n) is 4.30. The second kappa shape index (κ2) is 6.03. The molecule has 2 heterocycles. The van der Waals surface area contributed by atoms with Crippen LogP contribution in [0, 0.1) is 0 Å². The number of carboxylic acid groups (broad SMARTS) is 2. The van der Waals surface area contributed by atoms with Crippen molar-refractivity contribution in [2.45, 2.75) is 38.5 Å². The van der Waals surface area contributed by atoms with E-state index in [1.165, 1.54) is 12.4 Å². The van der Waals surface area contributed by atoms with E-state index in [1.54, 1.807) is 52.0 Å². The first kappa shape index (κ1) is 17.6. The van der Waals surface area contributed by atoms with E-state index in [2.05, 4.69) is 9.97 Å². The molecule has 0 spiro atoms. The van der Waals surface area contributed by atoms with Crippen molar-refractivity contribution < 1.29 is 19.8 Å². The number of hydrogen-bond acceptors (Lipinski definition) is 4. The molecule has 0 amide bonds. The maximum atomic E-state index is 11.3. The number of aromatic nitrogens is 2. The third-order valence-corrected chi connectivity index (χ3v) is 4.30. The molecule has 24 heavy (non-hydrogen) atoms. The minimum Gasteiger partial charge on any atom is -0.481 e. The molecular formula is C18H20N2O4. The predicted molar refractivity (Wildman–Crippen MR) is 88.8 cm³/mol. The van der Waals surface area contributed by atoms with Gasteiger partial charge in [-0.05, 0) is 51.0 Å². The molecule has 0 radical (unpaired) electrons. The van der Waals surface area contributed by atoms with Crippen molar-refractivity contribution in [3.8, 4) is 11.4 Å². The first-order chi connectivity index (χ1) is 11.1. The summed E-state index contributed by atoms with van der Waals surface area (Å²) in [4.78, 5) is 31.1. The fourth-order valence-corrected chi connectivity index (χ4v) is 2.08. The van der Waals surface area contributed by atoms with Gasteiger partial charge in [-0.2, -0.15) is 0 Å². The fourth-order valence-electron chi connectivity index (χ4n) is 2.08. The molecule has 0 aliphatic rings. The number of pyridine rings is 2. The van der Waals surface area contributed by atoms with Crippen LogP contribution in [0.2, 0.25) is 0 Å². The highest BCUT2D eigenvalue weighted by Gasteiger charge is 2.30. The van der Waals surface area contributed by atoms with Crippen LogP contribution in [0.5, 0.6) is 0 Å². The highest BCUT2D eigenvalue weighted by atomic mass is 16.4. The van der Waals surface area contributed by atoms with Crippen LogP contribution in [0.3, 0.4) is 0 Å². The summed E-state index contributed by atoms with van der Waals surface area (Å²) in [6.45, 7) is 6.47. The number of hydrogen-bond donors (Lipinski definition) is 2. The van der Waals surface area contributed by atoms with Crippen LogP contribution in [0.25, 0.3) is 11.4 Å². The van der Waals surface area contributed by atoms with Gasteiger partial charge in [-0.15, -0.1) is 0 Å². The van der Waals surface area contributed by atoms with Gasteiger partial charge in [0.15, 0.2) is 0 Å². The van der Waals surface area contributed by atoms with Crippen LogP contribution in [0.1, 0.15) is 38.8 Å². The fraction of sp³-hybridized carbons (Fsp3) is 0.333. The molecule has 126 valence electrons. The van der Waals surface area contributed by atoms with E-state index < -0.39 is 22.8 Å². The first-order valence-electron chi connectivity index (χ1n) is 7.47. The summed E-state index contributed by atoms with van der Waals surface area (Å²) >= 11 is 0. The van der Waals surface area contributed by atoms with E-state index in [0.29, 0.717) is 22.5 Å². The van der Waals surface area contributed by atoms with Gasteiger partial charge in [-0.1, -0.05) is 12.1 Å². The molecular weight excluding hydrogens is 308 g/mol. The van der Waals surface area contributed by atoms with Gasteiger partial charge in [0.25, 0.3) is 0 Å². The Morgan fingerprint density at radius 2 is 1.08 bits per heavy atom. The summed E-state index contributed by atoms with van der Waals surface area (Å²) in [5, 5.41) is 18.5. The van der Waals surface area contributed by atoms with Crippen molar-refractivity contribution in [2.75, 3.05) is 0 Å². The van der Waals surface area contributed by atoms with Crippen LogP contribution in [0.4, 0.5) is 0 Å². The Bertz CT molecular complexity index is 695. The molecule has 2 aromatic heterocycles. The lowest BCUT2D eigenvalue weighted by atomic mass is 9.85. The Morgan fingerprint density at radius 1 is 0.750 bits per heavy atom. The Morgan fingerprint density at radius 3 is 1.29 bits per heavy atom. The quantitative estimate of drug-likeness (QED) is 0.875. The lowest BCUT2D eigenvalue weighted by molar-refractivity contribution is -0.143. The summed E-state index contributed by atoms with van der Waals surface area (Å²) in [5.74, 6) is -1.84. The molecule has 6 heteroatoms. The molecule has 2 aromatic rings. The summed E-state index contributed by atoms with van der Waals surface area (Å²) in [6, 6.07) is 6.86. The average molecular weight is 328 g/mol. The van der Waals surface area contributed by atoms with Crippen LogP contribution in [0.15, 0.2) is 36.7 Å². The monoisotopic (exact) mass is 328 g/mol. The highest BCUT2D eigenvalue weighted by molar-refractivity contribution is 5.81. The maximum Gasteiger partial charge on any atom is 0.313 e. The number of carbonyl (C=O) groups is 2. The van der Waals surface area contributed by atoms with Gasteiger partial charge in [-0.3, -0.25) is 19.6 Å². The topological polar surface area (TPSA) is 100 Å². The largest absolute Gasteiger partial charge is 0.481 e. The second-order valence-corrected chi connectivity index (χ2v) is 6.72. The van der Waals surface area contributed by atoms with Crippen molar-refractivity contribution in [2.24, 2.45) is 0 Å². The van der Waals surface area contributed by atoms with Crippen LogP contribution >= 0.6 is 0 Å². The summed E-state index contributed by atoms with van der Waals surface area (Å²) in [7, 11) is 0. The van der Waals surface area contributed by atoms with Crippen molar-refractivity contribution in [1.29, 1.82) is 0 Å². The number of nitrogens with zero attached hydrogens (tertiary/aromatic N) is 2. The smallest absolute Gasteiger partial charge is 0.313 e. The van der Waals surface area contributed by atoms with Crippen LogP contribution in [-0.4, -0.2) is 32.1 Å². The molecule has 0 atom stereocenters.